The average molecular weight is 343 g/mol. The monoisotopic (exact) mass is 343 g/mol. The molecule has 2 atom stereocenters. The molecule has 1 aromatic carbocycles. The molecule has 0 amide bonds. The Bertz CT molecular complexity index is 642. The van der Waals surface area contributed by atoms with Gasteiger partial charge in [-0.05, 0) is 44.0 Å². The van der Waals surface area contributed by atoms with E-state index in [2.05, 4.69) is 0 Å². The fourth-order valence-electron chi connectivity index (χ4n) is 2.72. The largest absolute Gasteiger partial charge is 0.482 e. The van der Waals surface area contributed by atoms with Crippen molar-refractivity contribution in [1.29, 1.82) is 0 Å². The van der Waals surface area contributed by atoms with Crippen LogP contribution in [0.15, 0.2) is 29.2 Å². The zero-order chi connectivity index (χ0) is 17.0. The highest BCUT2D eigenvalue weighted by molar-refractivity contribution is 7.89. The van der Waals surface area contributed by atoms with Crippen molar-refractivity contribution < 1.29 is 27.8 Å². The summed E-state index contributed by atoms with van der Waals surface area (Å²) < 4.78 is 37.4. The van der Waals surface area contributed by atoms with Crippen LogP contribution in [0.3, 0.4) is 0 Å². The highest BCUT2D eigenvalue weighted by Gasteiger charge is 2.36. The first-order chi connectivity index (χ1) is 10.9. The van der Waals surface area contributed by atoms with Crippen LogP contribution in [0, 0.1) is 0 Å². The Morgan fingerprint density at radius 1 is 1.35 bits per heavy atom. The standard InChI is InChI=1S/C15H21NO6S/c1-11-14(21-2)4-3-9-16(11)23(19,20)13-7-5-12(6-8-13)22-10-15(17)18/h5-8,11,14H,3-4,9-10H2,1-2H3,(H,17,18)/t11-,14-/m1/s1. The molecule has 8 heteroatoms. The predicted molar refractivity (Wildman–Crippen MR) is 83.0 cm³/mol. The summed E-state index contributed by atoms with van der Waals surface area (Å²) in [6, 6.07) is 5.53. The van der Waals surface area contributed by atoms with Crippen LogP contribution in [0.25, 0.3) is 0 Å². The van der Waals surface area contributed by atoms with Crippen molar-refractivity contribution in [2.75, 3.05) is 20.3 Å². The maximum absolute atomic E-state index is 12.8. The lowest BCUT2D eigenvalue weighted by molar-refractivity contribution is -0.139. The van der Waals surface area contributed by atoms with E-state index in [0.717, 1.165) is 12.8 Å². The topological polar surface area (TPSA) is 93.1 Å². The maximum atomic E-state index is 12.8. The van der Waals surface area contributed by atoms with Gasteiger partial charge in [0.15, 0.2) is 6.61 Å². The van der Waals surface area contributed by atoms with E-state index in [1.165, 1.54) is 28.6 Å². The third-order valence-electron chi connectivity index (χ3n) is 3.95. The number of carboxylic acids is 1. The van der Waals surface area contributed by atoms with Crippen molar-refractivity contribution in [2.24, 2.45) is 0 Å². The van der Waals surface area contributed by atoms with Crippen LogP contribution in [-0.2, 0) is 19.6 Å². The lowest BCUT2D eigenvalue weighted by Gasteiger charge is -2.37. The maximum Gasteiger partial charge on any atom is 0.341 e. The molecule has 1 fully saturated rings. The van der Waals surface area contributed by atoms with Crippen LogP contribution in [0.5, 0.6) is 5.75 Å². The van der Waals surface area contributed by atoms with E-state index in [0.29, 0.717) is 12.3 Å². The molecular formula is C15H21NO6S. The Kier molecular flexibility index (Phi) is 5.61. The van der Waals surface area contributed by atoms with Crippen LogP contribution >= 0.6 is 0 Å². The Balaban J connectivity index is 2.17. The van der Waals surface area contributed by atoms with Crippen LogP contribution < -0.4 is 4.74 Å². The molecule has 23 heavy (non-hydrogen) atoms. The zero-order valence-corrected chi connectivity index (χ0v) is 14.0. The molecule has 1 N–H and O–H groups in total. The molecule has 0 radical (unpaired) electrons. The molecule has 128 valence electrons. The molecule has 0 saturated carbocycles. The molecule has 1 aromatic rings. The van der Waals surface area contributed by atoms with E-state index in [1.54, 1.807) is 7.11 Å². The molecule has 2 rings (SSSR count). The number of hydrogen-bond acceptors (Lipinski definition) is 5. The molecule has 0 spiro atoms. The Morgan fingerprint density at radius 3 is 2.57 bits per heavy atom. The number of nitrogens with zero attached hydrogens (tertiary/aromatic N) is 1. The minimum Gasteiger partial charge on any atom is -0.482 e. The van der Waals surface area contributed by atoms with Gasteiger partial charge < -0.3 is 14.6 Å². The van der Waals surface area contributed by atoms with Crippen LogP contribution in [0.4, 0.5) is 0 Å². The number of methoxy groups -OCH3 is 1. The molecular weight excluding hydrogens is 322 g/mol. The molecule has 1 heterocycles. The summed E-state index contributed by atoms with van der Waals surface area (Å²) >= 11 is 0. The molecule has 0 aliphatic carbocycles. The van der Waals surface area contributed by atoms with Crippen molar-refractivity contribution >= 4 is 16.0 Å². The number of aliphatic carboxylic acids is 1. The Hall–Kier alpha value is -1.64. The summed E-state index contributed by atoms with van der Waals surface area (Å²) in [4.78, 5) is 10.6. The SMILES string of the molecule is CO[C@@H]1CCCN(S(=O)(=O)c2ccc(OCC(=O)O)cc2)[C@@H]1C. The van der Waals surface area contributed by atoms with Gasteiger partial charge in [0, 0.05) is 19.7 Å². The summed E-state index contributed by atoms with van der Waals surface area (Å²) in [7, 11) is -2.03. The Labute approximate surface area is 135 Å². The third-order valence-corrected chi connectivity index (χ3v) is 5.96. The lowest BCUT2D eigenvalue weighted by Crippen LogP contribution is -2.49. The van der Waals surface area contributed by atoms with Gasteiger partial charge in [-0.15, -0.1) is 0 Å². The Morgan fingerprint density at radius 2 is 2.00 bits per heavy atom. The summed E-state index contributed by atoms with van der Waals surface area (Å²) in [6.07, 6.45) is 1.48. The summed E-state index contributed by atoms with van der Waals surface area (Å²) in [5.74, 6) is -0.776. The van der Waals surface area contributed by atoms with E-state index >= 15 is 0 Å². The number of carboxylic acid groups (broad SMARTS) is 1. The number of hydrogen-bond donors (Lipinski definition) is 1. The first kappa shape index (κ1) is 17.7. The number of carbonyl (C=O) groups is 1. The van der Waals surface area contributed by atoms with E-state index in [4.69, 9.17) is 14.6 Å². The molecule has 1 aliphatic heterocycles. The molecule has 0 bridgehead atoms. The van der Waals surface area contributed by atoms with Crippen molar-refractivity contribution in [3.05, 3.63) is 24.3 Å². The van der Waals surface area contributed by atoms with Crippen molar-refractivity contribution in [3.8, 4) is 5.75 Å². The molecule has 0 unspecified atom stereocenters. The quantitative estimate of drug-likeness (QED) is 0.838. The third kappa shape index (κ3) is 4.01. The van der Waals surface area contributed by atoms with Gasteiger partial charge in [-0.1, -0.05) is 0 Å². The lowest BCUT2D eigenvalue weighted by atomic mass is 10.0. The fraction of sp³-hybridized carbons (Fsp3) is 0.533. The fourth-order valence-corrected chi connectivity index (χ4v) is 4.41. The zero-order valence-electron chi connectivity index (χ0n) is 13.1. The molecule has 1 saturated heterocycles. The molecule has 1 aliphatic rings. The highest BCUT2D eigenvalue weighted by atomic mass is 32.2. The number of ether oxygens (including phenoxy) is 2. The molecule has 0 aromatic heterocycles. The van der Waals surface area contributed by atoms with Crippen molar-refractivity contribution in [2.45, 2.75) is 36.8 Å². The highest BCUT2D eigenvalue weighted by Crippen LogP contribution is 2.27. The second-order valence-corrected chi connectivity index (χ2v) is 7.32. The summed E-state index contributed by atoms with van der Waals surface area (Å²) in [6.45, 7) is 1.83. The van der Waals surface area contributed by atoms with Crippen LogP contribution in [0.1, 0.15) is 19.8 Å². The van der Waals surface area contributed by atoms with Gasteiger partial charge in [-0.25, -0.2) is 13.2 Å². The van der Waals surface area contributed by atoms with Gasteiger partial charge >= 0.3 is 5.97 Å². The number of piperidine rings is 1. The predicted octanol–water partition coefficient (Wildman–Crippen LogP) is 1.34. The normalized spacial score (nSPS) is 22.7. The van der Waals surface area contributed by atoms with Gasteiger partial charge in [0.25, 0.3) is 0 Å². The first-order valence-corrected chi connectivity index (χ1v) is 8.79. The van der Waals surface area contributed by atoms with E-state index < -0.39 is 22.6 Å². The van der Waals surface area contributed by atoms with Crippen LogP contribution in [-0.4, -0.2) is 56.2 Å². The number of sulfonamides is 1. The van der Waals surface area contributed by atoms with Gasteiger partial charge in [-0.2, -0.15) is 4.31 Å². The number of rotatable bonds is 6. The van der Waals surface area contributed by atoms with E-state index in [9.17, 15) is 13.2 Å². The van der Waals surface area contributed by atoms with Crippen LogP contribution in [0.2, 0.25) is 0 Å². The van der Waals surface area contributed by atoms with Gasteiger partial charge in [0.1, 0.15) is 5.75 Å². The number of benzene rings is 1. The van der Waals surface area contributed by atoms with Gasteiger partial charge in [0.05, 0.1) is 11.0 Å². The van der Waals surface area contributed by atoms with Crippen molar-refractivity contribution in [1.82, 2.24) is 4.31 Å². The van der Waals surface area contributed by atoms with E-state index in [-0.39, 0.29) is 17.0 Å². The summed E-state index contributed by atoms with van der Waals surface area (Å²) in [5.41, 5.74) is 0. The minimum atomic E-state index is -3.62. The second-order valence-electron chi connectivity index (χ2n) is 5.43. The van der Waals surface area contributed by atoms with E-state index in [1.807, 2.05) is 6.92 Å². The first-order valence-electron chi connectivity index (χ1n) is 7.35. The van der Waals surface area contributed by atoms with Crippen molar-refractivity contribution in [3.63, 3.8) is 0 Å². The second kappa shape index (κ2) is 7.29. The minimum absolute atomic E-state index is 0.114. The van der Waals surface area contributed by atoms with Gasteiger partial charge in [0.2, 0.25) is 10.0 Å². The molecule has 7 nitrogen and oxygen atoms in total. The van der Waals surface area contributed by atoms with Gasteiger partial charge in [-0.3, -0.25) is 0 Å². The average Bonchev–Trinajstić information content (AvgIpc) is 2.53. The summed E-state index contributed by atoms with van der Waals surface area (Å²) in [5, 5.41) is 8.57. The smallest absolute Gasteiger partial charge is 0.341 e.